The molecule has 0 unspecified atom stereocenters. The fourth-order valence-corrected chi connectivity index (χ4v) is 3.04. The molecule has 0 radical (unpaired) electrons. The number of aromatic nitrogens is 2. The summed E-state index contributed by atoms with van der Waals surface area (Å²) in [5.74, 6) is -0.248. The highest BCUT2D eigenvalue weighted by molar-refractivity contribution is 6.09. The Labute approximate surface area is 129 Å². The van der Waals surface area contributed by atoms with E-state index in [-0.39, 0.29) is 11.7 Å². The smallest absolute Gasteiger partial charge is 0.259 e. The van der Waals surface area contributed by atoms with E-state index in [2.05, 4.69) is 10.4 Å². The van der Waals surface area contributed by atoms with E-state index in [1.807, 2.05) is 23.7 Å². The Kier molecular flexibility index (Phi) is 3.79. The topological polar surface area (TPSA) is 64.0 Å². The maximum Gasteiger partial charge on any atom is 0.259 e. The lowest BCUT2D eigenvalue weighted by molar-refractivity contribution is 0.101. The van der Waals surface area contributed by atoms with Gasteiger partial charge in [-0.25, -0.2) is 0 Å². The second-order valence-corrected chi connectivity index (χ2v) is 5.69. The first-order valence-electron chi connectivity index (χ1n) is 7.54. The molecule has 5 nitrogen and oxygen atoms in total. The van der Waals surface area contributed by atoms with Crippen LogP contribution in [0.4, 0.5) is 5.69 Å². The maximum absolute atomic E-state index is 12.6. The minimum absolute atomic E-state index is 0.0505. The van der Waals surface area contributed by atoms with Crippen molar-refractivity contribution in [1.29, 1.82) is 0 Å². The Hall–Kier alpha value is -2.43. The molecular formula is C17H19N3O2. The average molecular weight is 297 g/mol. The van der Waals surface area contributed by atoms with Crippen LogP contribution in [0.1, 0.15) is 51.7 Å². The summed E-state index contributed by atoms with van der Waals surface area (Å²) in [7, 11) is 0. The predicted octanol–water partition coefficient (Wildman–Crippen LogP) is 2.98. The zero-order valence-electron chi connectivity index (χ0n) is 12.8. The molecule has 3 rings (SSSR count). The number of nitrogens with zero attached hydrogens (tertiary/aromatic N) is 2. The predicted molar refractivity (Wildman–Crippen MR) is 84.3 cm³/mol. The van der Waals surface area contributed by atoms with Crippen molar-refractivity contribution in [1.82, 2.24) is 9.78 Å². The van der Waals surface area contributed by atoms with Crippen LogP contribution in [0.3, 0.4) is 0 Å². The number of benzene rings is 1. The molecule has 2 aromatic rings. The molecule has 1 aromatic carbocycles. The maximum atomic E-state index is 12.6. The van der Waals surface area contributed by atoms with Crippen LogP contribution in [0.25, 0.3) is 0 Å². The van der Waals surface area contributed by atoms with Gasteiger partial charge in [0, 0.05) is 12.1 Å². The van der Waals surface area contributed by atoms with Gasteiger partial charge in [0.2, 0.25) is 0 Å². The minimum Gasteiger partial charge on any atom is -0.321 e. The molecule has 22 heavy (non-hydrogen) atoms. The van der Waals surface area contributed by atoms with Crippen LogP contribution in [-0.4, -0.2) is 21.5 Å². The lowest BCUT2D eigenvalue weighted by atomic mass is 10.0. The number of nitrogens with one attached hydrogen (secondary N) is 1. The largest absolute Gasteiger partial charge is 0.321 e. The molecule has 0 saturated heterocycles. The van der Waals surface area contributed by atoms with Gasteiger partial charge in [0.15, 0.2) is 5.78 Å². The highest BCUT2D eigenvalue weighted by atomic mass is 16.2. The van der Waals surface area contributed by atoms with Gasteiger partial charge in [-0.2, -0.15) is 5.10 Å². The molecule has 2 heterocycles. The zero-order valence-corrected chi connectivity index (χ0v) is 12.8. The van der Waals surface area contributed by atoms with E-state index in [4.69, 9.17) is 0 Å². The van der Waals surface area contributed by atoms with Gasteiger partial charge in [0.1, 0.15) is 0 Å². The van der Waals surface area contributed by atoms with Crippen molar-refractivity contribution >= 4 is 17.4 Å². The summed E-state index contributed by atoms with van der Waals surface area (Å²) < 4.78 is 1.90. The zero-order chi connectivity index (χ0) is 15.7. The average Bonchev–Trinajstić information content (AvgIpc) is 2.90. The standard InChI is InChI=1S/C17H19N3O2/c1-11-6-5-7-14(16(11)12(2)21)19-17(22)13-10-18-20-9-4-3-8-15(13)20/h5-7,10H,3-4,8-9H2,1-2H3,(H,19,22). The monoisotopic (exact) mass is 297 g/mol. The van der Waals surface area contributed by atoms with Crippen LogP contribution in [0.15, 0.2) is 24.4 Å². The molecule has 1 N–H and O–H groups in total. The number of ketones is 1. The second-order valence-electron chi connectivity index (χ2n) is 5.69. The van der Waals surface area contributed by atoms with Gasteiger partial charge < -0.3 is 5.32 Å². The molecule has 0 atom stereocenters. The van der Waals surface area contributed by atoms with Crippen LogP contribution < -0.4 is 5.32 Å². The SMILES string of the molecule is CC(=O)c1c(C)cccc1NC(=O)c1cnn2c1CCCC2. The fraction of sp³-hybridized carbons (Fsp3) is 0.353. The summed E-state index contributed by atoms with van der Waals surface area (Å²) in [4.78, 5) is 24.4. The van der Waals surface area contributed by atoms with Gasteiger partial charge in [-0.1, -0.05) is 12.1 Å². The molecule has 0 saturated carbocycles. The first-order valence-corrected chi connectivity index (χ1v) is 7.54. The van der Waals surface area contributed by atoms with Crippen molar-refractivity contribution in [2.45, 2.75) is 39.7 Å². The summed E-state index contributed by atoms with van der Waals surface area (Å²) in [5.41, 5.74) is 3.59. The van der Waals surface area contributed by atoms with E-state index in [0.29, 0.717) is 16.8 Å². The molecule has 0 fully saturated rings. The summed E-state index contributed by atoms with van der Waals surface area (Å²) >= 11 is 0. The number of carbonyl (C=O) groups excluding carboxylic acids is 2. The first-order chi connectivity index (χ1) is 10.6. The fourth-order valence-electron chi connectivity index (χ4n) is 3.04. The van der Waals surface area contributed by atoms with E-state index >= 15 is 0 Å². The van der Waals surface area contributed by atoms with E-state index in [0.717, 1.165) is 37.1 Å². The van der Waals surface area contributed by atoms with Crippen molar-refractivity contribution in [3.05, 3.63) is 46.8 Å². The minimum atomic E-state index is -0.198. The molecular weight excluding hydrogens is 278 g/mol. The molecule has 0 spiro atoms. The van der Waals surface area contributed by atoms with Crippen LogP contribution in [0, 0.1) is 6.92 Å². The Morgan fingerprint density at radius 1 is 1.27 bits per heavy atom. The number of Topliss-reactive ketones (excluding diaryl/α,β-unsaturated/α-hetero) is 1. The van der Waals surface area contributed by atoms with Crippen molar-refractivity contribution in [3.8, 4) is 0 Å². The number of aryl methyl sites for hydroxylation is 2. The Balaban J connectivity index is 1.91. The lowest BCUT2D eigenvalue weighted by Crippen LogP contribution is -2.18. The number of carbonyl (C=O) groups is 2. The lowest BCUT2D eigenvalue weighted by Gasteiger charge is -2.15. The van der Waals surface area contributed by atoms with Crippen molar-refractivity contribution in [2.75, 3.05) is 5.32 Å². The molecule has 1 amide bonds. The summed E-state index contributed by atoms with van der Waals surface area (Å²) in [5, 5.41) is 7.16. The van der Waals surface area contributed by atoms with Gasteiger partial charge in [0.25, 0.3) is 5.91 Å². The summed E-state index contributed by atoms with van der Waals surface area (Å²) in [6.07, 6.45) is 4.67. The van der Waals surface area contributed by atoms with Crippen LogP contribution in [-0.2, 0) is 13.0 Å². The van der Waals surface area contributed by atoms with Crippen LogP contribution in [0.5, 0.6) is 0 Å². The van der Waals surface area contributed by atoms with Crippen molar-refractivity contribution < 1.29 is 9.59 Å². The highest BCUT2D eigenvalue weighted by Crippen LogP contribution is 2.23. The molecule has 1 aliphatic heterocycles. The van der Waals surface area contributed by atoms with E-state index < -0.39 is 0 Å². The number of rotatable bonds is 3. The number of hydrogen-bond donors (Lipinski definition) is 1. The molecule has 5 heteroatoms. The quantitative estimate of drug-likeness (QED) is 0.886. The summed E-state index contributed by atoms with van der Waals surface area (Å²) in [6, 6.07) is 5.47. The third kappa shape index (κ3) is 2.54. The number of amides is 1. The van der Waals surface area contributed by atoms with Gasteiger partial charge in [0.05, 0.1) is 23.1 Å². The van der Waals surface area contributed by atoms with Crippen molar-refractivity contribution in [3.63, 3.8) is 0 Å². The summed E-state index contributed by atoms with van der Waals surface area (Å²) in [6.45, 7) is 4.25. The van der Waals surface area contributed by atoms with Crippen LogP contribution >= 0.6 is 0 Å². The van der Waals surface area contributed by atoms with E-state index in [1.54, 1.807) is 12.3 Å². The van der Waals surface area contributed by atoms with Crippen molar-refractivity contribution in [2.24, 2.45) is 0 Å². The Morgan fingerprint density at radius 3 is 2.86 bits per heavy atom. The Bertz CT molecular complexity index is 746. The van der Waals surface area contributed by atoms with Gasteiger partial charge in [-0.15, -0.1) is 0 Å². The van der Waals surface area contributed by atoms with Gasteiger partial charge in [-0.05, 0) is 44.7 Å². The first kappa shape index (κ1) is 14.5. The molecule has 1 aromatic heterocycles. The molecule has 0 bridgehead atoms. The van der Waals surface area contributed by atoms with Gasteiger partial charge in [-0.3, -0.25) is 14.3 Å². The molecule has 114 valence electrons. The molecule has 0 aliphatic carbocycles. The Morgan fingerprint density at radius 2 is 2.09 bits per heavy atom. The molecule has 1 aliphatic rings. The van der Waals surface area contributed by atoms with E-state index in [1.165, 1.54) is 6.92 Å². The number of hydrogen-bond acceptors (Lipinski definition) is 3. The van der Waals surface area contributed by atoms with E-state index in [9.17, 15) is 9.59 Å². The second kappa shape index (κ2) is 5.75. The number of anilines is 1. The highest BCUT2D eigenvalue weighted by Gasteiger charge is 2.21. The van der Waals surface area contributed by atoms with Crippen LogP contribution in [0.2, 0.25) is 0 Å². The number of fused-ring (bicyclic) bond motifs is 1. The third-order valence-corrected chi connectivity index (χ3v) is 4.10. The normalized spacial score (nSPS) is 13.5. The van der Waals surface area contributed by atoms with Gasteiger partial charge >= 0.3 is 0 Å². The third-order valence-electron chi connectivity index (χ3n) is 4.10.